The molecular formula is C17H27N. The van der Waals surface area contributed by atoms with Gasteiger partial charge in [-0.2, -0.15) is 0 Å². The molecule has 0 aromatic heterocycles. The van der Waals surface area contributed by atoms with Gasteiger partial charge in [0.05, 0.1) is 0 Å². The maximum atomic E-state index is 3.85. The summed E-state index contributed by atoms with van der Waals surface area (Å²) in [5, 5.41) is 3.85. The standard InChI is InChI=1S/C17H27N/c1-4-13(3)11-15(5-2)18-17-12-16(17)14-9-7-6-8-10-14/h6-10,13,15-18H,4-5,11-12H2,1-3H3. The normalized spacial score (nSPS) is 25.7. The molecule has 1 aliphatic rings. The van der Waals surface area contributed by atoms with Crippen LogP contribution in [0.3, 0.4) is 0 Å². The molecule has 0 heterocycles. The van der Waals surface area contributed by atoms with E-state index in [4.69, 9.17) is 0 Å². The summed E-state index contributed by atoms with van der Waals surface area (Å²) in [7, 11) is 0. The van der Waals surface area contributed by atoms with Crippen LogP contribution in [-0.4, -0.2) is 12.1 Å². The Hall–Kier alpha value is -0.820. The van der Waals surface area contributed by atoms with Crippen LogP contribution in [0.5, 0.6) is 0 Å². The summed E-state index contributed by atoms with van der Waals surface area (Å²) < 4.78 is 0. The molecule has 100 valence electrons. The zero-order valence-corrected chi connectivity index (χ0v) is 12.0. The topological polar surface area (TPSA) is 12.0 Å². The number of rotatable bonds is 7. The van der Waals surface area contributed by atoms with Crippen molar-refractivity contribution >= 4 is 0 Å². The Morgan fingerprint density at radius 3 is 2.50 bits per heavy atom. The molecule has 4 atom stereocenters. The first-order chi connectivity index (χ1) is 8.74. The Kier molecular flexibility index (Phi) is 4.82. The molecule has 1 heteroatoms. The van der Waals surface area contributed by atoms with Gasteiger partial charge in [0.25, 0.3) is 0 Å². The Balaban J connectivity index is 1.81. The maximum Gasteiger partial charge on any atom is 0.0145 e. The highest BCUT2D eigenvalue weighted by Crippen LogP contribution is 2.41. The van der Waals surface area contributed by atoms with Crippen LogP contribution < -0.4 is 5.32 Å². The first kappa shape index (κ1) is 13.6. The van der Waals surface area contributed by atoms with Crippen LogP contribution in [0.15, 0.2) is 30.3 Å². The van der Waals surface area contributed by atoms with Crippen molar-refractivity contribution < 1.29 is 0 Å². The first-order valence-electron chi connectivity index (χ1n) is 7.55. The summed E-state index contributed by atoms with van der Waals surface area (Å²) in [4.78, 5) is 0. The van der Waals surface area contributed by atoms with E-state index in [9.17, 15) is 0 Å². The highest BCUT2D eigenvalue weighted by Gasteiger charge is 2.38. The maximum absolute atomic E-state index is 3.85. The van der Waals surface area contributed by atoms with Crippen LogP contribution in [0, 0.1) is 5.92 Å². The molecule has 0 aliphatic heterocycles. The zero-order valence-electron chi connectivity index (χ0n) is 12.0. The molecule has 1 aliphatic carbocycles. The summed E-state index contributed by atoms with van der Waals surface area (Å²) in [5.74, 6) is 1.61. The lowest BCUT2D eigenvalue weighted by Gasteiger charge is -2.20. The van der Waals surface area contributed by atoms with E-state index in [-0.39, 0.29) is 0 Å². The molecule has 1 nitrogen and oxygen atoms in total. The fraction of sp³-hybridized carbons (Fsp3) is 0.647. The monoisotopic (exact) mass is 245 g/mol. The highest BCUT2D eigenvalue weighted by molar-refractivity contribution is 5.27. The van der Waals surface area contributed by atoms with Crippen molar-refractivity contribution in [2.45, 2.75) is 64.5 Å². The van der Waals surface area contributed by atoms with Crippen molar-refractivity contribution in [2.75, 3.05) is 0 Å². The van der Waals surface area contributed by atoms with E-state index in [0.29, 0.717) is 6.04 Å². The lowest BCUT2D eigenvalue weighted by Crippen LogP contribution is -2.32. The zero-order chi connectivity index (χ0) is 13.0. The summed E-state index contributed by atoms with van der Waals surface area (Å²) >= 11 is 0. The molecule has 4 unspecified atom stereocenters. The summed E-state index contributed by atoms with van der Waals surface area (Å²) in [5.41, 5.74) is 1.51. The van der Waals surface area contributed by atoms with E-state index in [1.54, 1.807) is 0 Å². The largest absolute Gasteiger partial charge is 0.311 e. The number of hydrogen-bond acceptors (Lipinski definition) is 1. The van der Waals surface area contributed by atoms with Crippen molar-refractivity contribution in [3.8, 4) is 0 Å². The van der Waals surface area contributed by atoms with Gasteiger partial charge in [0, 0.05) is 18.0 Å². The molecule has 0 amide bonds. The van der Waals surface area contributed by atoms with Gasteiger partial charge in [-0.3, -0.25) is 0 Å². The second kappa shape index (κ2) is 6.38. The quantitative estimate of drug-likeness (QED) is 0.753. The van der Waals surface area contributed by atoms with E-state index in [1.165, 1.54) is 31.2 Å². The minimum absolute atomic E-state index is 0.707. The van der Waals surface area contributed by atoms with Crippen LogP contribution in [0.25, 0.3) is 0 Å². The third-order valence-corrected chi connectivity index (χ3v) is 4.34. The van der Waals surface area contributed by atoms with Crippen molar-refractivity contribution in [1.82, 2.24) is 5.32 Å². The molecule has 1 fully saturated rings. The Morgan fingerprint density at radius 1 is 1.17 bits per heavy atom. The van der Waals surface area contributed by atoms with E-state index in [1.807, 2.05) is 0 Å². The Morgan fingerprint density at radius 2 is 1.89 bits per heavy atom. The fourth-order valence-corrected chi connectivity index (χ4v) is 2.76. The number of nitrogens with one attached hydrogen (secondary N) is 1. The van der Waals surface area contributed by atoms with Crippen LogP contribution in [0.4, 0.5) is 0 Å². The van der Waals surface area contributed by atoms with Crippen molar-refractivity contribution in [3.05, 3.63) is 35.9 Å². The number of hydrogen-bond donors (Lipinski definition) is 1. The average Bonchev–Trinajstić information content (AvgIpc) is 3.18. The van der Waals surface area contributed by atoms with Gasteiger partial charge in [0.2, 0.25) is 0 Å². The molecule has 0 saturated heterocycles. The molecule has 0 bridgehead atoms. The molecule has 1 aromatic rings. The number of benzene rings is 1. The Bertz CT molecular complexity index is 346. The van der Waals surface area contributed by atoms with Crippen LogP contribution in [0.1, 0.15) is 57.9 Å². The lowest BCUT2D eigenvalue weighted by atomic mass is 9.97. The summed E-state index contributed by atoms with van der Waals surface area (Å²) in [6, 6.07) is 12.4. The summed E-state index contributed by atoms with van der Waals surface area (Å²) in [6.07, 6.45) is 5.19. The second-order valence-corrected chi connectivity index (χ2v) is 5.88. The predicted molar refractivity (Wildman–Crippen MR) is 78.9 cm³/mol. The van der Waals surface area contributed by atoms with E-state index >= 15 is 0 Å². The van der Waals surface area contributed by atoms with Gasteiger partial charge >= 0.3 is 0 Å². The second-order valence-electron chi connectivity index (χ2n) is 5.88. The minimum Gasteiger partial charge on any atom is -0.311 e. The van der Waals surface area contributed by atoms with Gasteiger partial charge in [-0.05, 0) is 30.7 Å². The molecule has 0 spiro atoms. The smallest absolute Gasteiger partial charge is 0.0145 e. The third-order valence-electron chi connectivity index (χ3n) is 4.34. The fourth-order valence-electron chi connectivity index (χ4n) is 2.76. The average molecular weight is 245 g/mol. The minimum atomic E-state index is 0.707. The van der Waals surface area contributed by atoms with Gasteiger partial charge in [-0.1, -0.05) is 57.5 Å². The third kappa shape index (κ3) is 3.58. The summed E-state index contributed by atoms with van der Waals surface area (Å²) in [6.45, 7) is 6.97. The van der Waals surface area contributed by atoms with Gasteiger partial charge < -0.3 is 5.32 Å². The molecular weight excluding hydrogens is 218 g/mol. The highest BCUT2D eigenvalue weighted by atomic mass is 15.0. The van der Waals surface area contributed by atoms with Gasteiger partial charge in [0.1, 0.15) is 0 Å². The van der Waals surface area contributed by atoms with Crippen LogP contribution >= 0.6 is 0 Å². The molecule has 2 rings (SSSR count). The van der Waals surface area contributed by atoms with Gasteiger partial charge in [0.15, 0.2) is 0 Å². The van der Waals surface area contributed by atoms with Crippen LogP contribution in [0.2, 0.25) is 0 Å². The van der Waals surface area contributed by atoms with E-state index in [2.05, 4.69) is 56.4 Å². The van der Waals surface area contributed by atoms with Gasteiger partial charge in [-0.15, -0.1) is 0 Å². The lowest BCUT2D eigenvalue weighted by molar-refractivity contribution is 0.381. The SMILES string of the molecule is CCC(C)CC(CC)NC1CC1c1ccccc1. The molecule has 0 radical (unpaired) electrons. The molecule has 1 N–H and O–H groups in total. The molecule has 1 saturated carbocycles. The van der Waals surface area contributed by atoms with Crippen molar-refractivity contribution in [2.24, 2.45) is 5.92 Å². The first-order valence-corrected chi connectivity index (χ1v) is 7.55. The van der Waals surface area contributed by atoms with Gasteiger partial charge in [-0.25, -0.2) is 0 Å². The molecule has 1 aromatic carbocycles. The predicted octanol–water partition coefficient (Wildman–Crippen LogP) is 4.35. The van der Waals surface area contributed by atoms with E-state index < -0.39 is 0 Å². The van der Waals surface area contributed by atoms with E-state index in [0.717, 1.165) is 17.9 Å². The van der Waals surface area contributed by atoms with Crippen LogP contribution in [-0.2, 0) is 0 Å². The molecule has 18 heavy (non-hydrogen) atoms. The Labute approximate surface area is 112 Å². The van der Waals surface area contributed by atoms with Crippen molar-refractivity contribution in [1.29, 1.82) is 0 Å². The van der Waals surface area contributed by atoms with Crippen molar-refractivity contribution in [3.63, 3.8) is 0 Å².